The maximum Gasteiger partial charge on any atom is 0.226 e. The van der Waals surface area contributed by atoms with Crippen molar-refractivity contribution >= 4 is 5.91 Å². The van der Waals surface area contributed by atoms with Gasteiger partial charge in [0.2, 0.25) is 5.91 Å². The number of hydrogen-bond donors (Lipinski definition) is 0. The van der Waals surface area contributed by atoms with E-state index in [-0.39, 0.29) is 17.6 Å². The third kappa shape index (κ3) is 3.34. The van der Waals surface area contributed by atoms with Gasteiger partial charge >= 0.3 is 0 Å². The molecule has 0 heterocycles. The third-order valence-corrected chi connectivity index (χ3v) is 3.88. The lowest BCUT2D eigenvalue weighted by molar-refractivity contribution is -0.132. The first-order chi connectivity index (χ1) is 9.17. The van der Waals surface area contributed by atoms with E-state index in [0.29, 0.717) is 5.92 Å². The molecule has 1 amide bonds. The van der Waals surface area contributed by atoms with Crippen LogP contribution in [0.3, 0.4) is 0 Å². The number of halogens is 1. The van der Waals surface area contributed by atoms with Crippen molar-refractivity contribution in [2.75, 3.05) is 13.1 Å². The lowest BCUT2D eigenvalue weighted by Crippen LogP contribution is -2.33. The van der Waals surface area contributed by atoms with Crippen molar-refractivity contribution in [1.29, 1.82) is 0 Å². The zero-order valence-corrected chi connectivity index (χ0v) is 11.7. The average Bonchev–Trinajstić information content (AvgIpc) is 3.20. The number of nitrogens with zero attached hydrogens (tertiary/aromatic N) is 1. The van der Waals surface area contributed by atoms with Crippen LogP contribution >= 0.6 is 0 Å². The number of amides is 1. The van der Waals surface area contributed by atoms with Gasteiger partial charge in [-0.3, -0.25) is 4.79 Å². The molecule has 0 bridgehead atoms. The molecule has 0 spiro atoms. The zero-order chi connectivity index (χ0) is 13.8. The summed E-state index contributed by atoms with van der Waals surface area (Å²) >= 11 is 0. The van der Waals surface area contributed by atoms with Crippen molar-refractivity contribution in [2.45, 2.75) is 39.0 Å². The Morgan fingerprint density at radius 3 is 2.58 bits per heavy atom. The maximum atomic E-state index is 12.9. The molecule has 0 N–H and O–H groups in total. The first kappa shape index (κ1) is 14.0. The van der Waals surface area contributed by atoms with Crippen LogP contribution < -0.4 is 0 Å². The largest absolute Gasteiger partial charge is 0.343 e. The minimum atomic E-state index is -0.217. The normalized spacial score (nSPS) is 21.2. The topological polar surface area (TPSA) is 20.3 Å². The highest BCUT2D eigenvalue weighted by Gasteiger charge is 2.45. The van der Waals surface area contributed by atoms with Crippen molar-refractivity contribution in [3.8, 4) is 0 Å². The molecule has 1 aromatic rings. The van der Waals surface area contributed by atoms with E-state index in [9.17, 15) is 9.18 Å². The predicted molar refractivity (Wildman–Crippen MR) is 74.4 cm³/mol. The number of carbonyl (C=O) groups is 1. The van der Waals surface area contributed by atoms with E-state index in [2.05, 4.69) is 6.92 Å². The van der Waals surface area contributed by atoms with Gasteiger partial charge in [-0.15, -0.1) is 0 Å². The molecule has 1 aromatic carbocycles. The number of hydrogen-bond acceptors (Lipinski definition) is 1. The molecule has 0 aliphatic heterocycles. The Morgan fingerprint density at radius 1 is 1.32 bits per heavy atom. The first-order valence-corrected chi connectivity index (χ1v) is 7.21. The number of unbranched alkanes of at least 4 members (excludes halogenated alkanes) is 1. The Balaban J connectivity index is 1.94. The van der Waals surface area contributed by atoms with Gasteiger partial charge in [0.05, 0.1) is 0 Å². The lowest BCUT2D eigenvalue weighted by Gasteiger charge is -2.20. The molecular weight excluding hydrogens is 241 g/mol. The summed E-state index contributed by atoms with van der Waals surface area (Å²) < 4.78 is 12.9. The van der Waals surface area contributed by atoms with E-state index in [4.69, 9.17) is 0 Å². The Labute approximate surface area is 114 Å². The van der Waals surface area contributed by atoms with Crippen molar-refractivity contribution < 1.29 is 9.18 Å². The maximum absolute atomic E-state index is 12.9. The molecule has 2 unspecified atom stereocenters. The van der Waals surface area contributed by atoms with Crippen molar-refractivity contribution in [3.05, 3.63) is 35.6 Å². The van der Waals surface area contributed by atoms with Crippen LogP contribution in [0.2, 0.25) is 0 Å². The van der Waals surface area contributed by atoms with Gasteiger partial charge in [-0.2, -0.15) is 0 Å². The summed E-state index contributed by atoms with van der Waals surface area (Å²) in [6.07, 6.45) is 3.08. The van der Waals surface area contributed by atoms with Gasteiger partial charge in [0.15, 0.2) is 0 Å². The molecule has 0 radical (unpaired) electrons. The number of carbonyl (C=O) groups excluding carboxylic acids is 1. The predicted octanol–water partition coefficient (Wildman–Crippen LogP) is 3.58. The molecule has 0 saturated heterocycles. The van der Waals surface area contributed by atoms with Gasteiger partial charge in [-0.05, 0) is 43.4 Å². The SMILES string of the molecule is CCCCN(CC)C(=O)C1CC1c1ccc(F)cc1. The number of rotatable bonds is 6. The van der Waals surface area contributed by atoms with Gasteiger partial charge in [-0.25, -0.2) is 4.39 Å². The van der Waals surface area contributed by atoms with Gasteiger partial charge in [-0.1, -0.05) is 25.5 Å². The molecule has 1 aliphatic rings. The minimum Gasteiger partial charge on any atom is -0.343 e. The highest BCUT2D eigenvalue weighted by molar-refractivity contribution is 5.83. The van der Waals surface area contributed by atoms with E-state index in [1.165, 1.54) is 12.1 Å². The average molecular weight is 263 g/mol. The Hall–Kier alpha value is -1.38. The number of benzene rings is 1. The van der Waals surface area contributed by atoms with Gasteiger partial charge in [0.25, 0.3) is 0 Å². The minimum absolute atomic E-state index is 0.113. The van der Waals surface area contributed by atoms with Crippen molar-refractivity contribution in [1.82, 2.24) is 4.90 Å². The van der Waals surface area contributed by atoms with E-state index >= 15 is 0 Å². The second kappa shape index (κ2) is 6.18. The molecular formula is C16H22FNO. The lowest BCUT2D eigenvalue weighted by atomic mass is 10.1. The standard InChI is InChI=1S/C16H22FNO/c1-3-5-10-18(4-2)16(19)15-11-14(15)12-6-8-13(17)9-7-12/h6-9,14-15H,3-5,10-11H2,1-2H3. The van der Waals surface area contributed by atoms with E-state index < -0.39 is 0 Å². The monoisotopic (exact) mass is 263 g/mol. The Morgan fingerprint density at radius 2 is 2.00 bits per heavy atom. The van der Waals surface area contributed by atoms with Crippen molar-refractivity contribution in [2.24, 2.45) is 5.92 Å². The van der Waals surface area contributed by atoms with Crippen LogP contribution in [-0.2, 0) is 4.79 Å². The summed E-state index contributed by atoms with van der Waals surface area (Å²) in [6, 6.07) is 6.55. The van der Waals surface area contributed by atoms with Gasteiger partial charge < -0.3 is 4.90 Å². The Bertz CT molecular complexity index is 429. The zero-order valence-electron chi connectivity index (χ0n) is 11.7. The molecule has 2 atom stereocenters. The van der Waals surface area contributed by atoms with Crippen LogP contribution in [0.5, 0.6) is 0 Å². The highest BCUT2D eigenvalue weighted by atomic mass is 19.1. The fraction of sp³-hybridized carbons (Fsp3) is 0.562. The van der Waals surface area contributed by atoms with Crippen molar-refractivity contribution in [3.63, 3.8) is 0 Å². The van der Waals surface area contributed by atoms with E-state index in [1.807, 2.05) is 11.8 Å². The van der Waals surface area contributed by atoms with Crippen LogP contribution in [0.1, 0.15) is 44.6 Å². The molecule has 0 aromatic heterocycles. The van der Waals surface area contributed by atoms with E-state index in [1.54, 1.807) is 12.1 Å². The summed E-state index contributed by atoms with van der Waals surface area (Å²) in [5, 5.41) is 0. The smallest absolute Gasteiger partial charge is 0.226 e. The summed E-state index contributed by atoms with van der Waals surface area (Å²) in [5.74, 6) is 0.460. The fourth-order valence-electron chi connectivity index (χ4n) is 2.55. The summed E-state index contributed by atoms with van der Waals surface area (Å²) in [7, 11) is 0. The van der Waals surface area contributed by atoms with Crippen LogP contribution in [-0.4, -0.2) is 23.9 Å². The van der Waals surface area contributed by atoms with E-state index in [0.717, 1.165) is 37.9 Å². The van der Waals surface area contributed by atoms with Crippen LogP contribution in [0.15, 0.2) is 24.3 Å². The molecule has 1 fully saturated rings. The summed E-state index contributed by atoms with van der Waals surface area (Å²) in [5.41, 5.74) is 1.09. The molecule has 1 aliphatic carbocycles. The molecule has 19 heavy (non-hydrogen) atoms. The molecule has 2 nitrogen and oxygen atoms in total. The van der Waals surface area contributed by atoms with Crippen LogP contribution in [0.4, 0.5) is 4.39 Å². The second-order valence-electron chi connectivity index (χ2n) is 5.27. The quantitative estimate of drug-likeness (QED) is 0.768. The summed E-state index contributed by atoms with van der Waals surface area (Å²) in [6.45, 7) is 5.81. The summed E-state index contributed by atoms with van der Waals surface area (Å²) in [4.78, 5) is 14.3. The second-order valence-corrected chi connectivity index (χ2v) is 5.27. The fourth-order valence-corrected chi connectivity index (χ4v) is 2.55. The molecule has 1 saturated carbocycles. The molecule has 3 heteroatoms. The molecule has 104 valence electrons. The van der Waals surface area contributed by atoms with Gasteiger partial charge in [0.1, 0.15) is 5.82 Å². The third-order valence-electron chi connectivity index (χ3n) is 3.88. The highest BCUT2D eigenvalue weighted by Crippen LogP contribution is 2.48. The first-order valence-electron chi connectivity index (χ1n) is 7.21. The van der Waals surface area contributed by atoms with Gasteiger partial charge in [0, 0.05) is 19.0 Å². The van der Waals surface area contributed by atoms with Crippen LogP contribution in [0.25, 0.3) is 0 Å². The van der Waals surface area contributed by atoms with Crippen LogP contribution in [0, 0.1) is 11.7 Å². The molecule has 2 rings (SSSR count). The Kier molecular flexibility index (Phi) is 4.56.